The molecule has 2 amide bonds. The number of hydrogen-bond acceptors (Lipinski definition) is 9. The van der Waals surface area contributed by atoms with E-state index in [1.54, 1.807) is 30.6 Å². The topological polar surface area (TPSA) is 114 Å². The van der Waals surface area contributed by atoms with Crippen LogP contribution in [0.25, 0.3) is 17.3 Å². The molecule has 3 aromatic heterocycles. The predicted octanol–water partition coefficient (Wildman–Crippen LogP) is 6.16. The number of hydroxylamine groups is 1. The normalized spacial score (nSPS) is 15.3. The zero-order chi connectivity index (χ0) is 27.0. The van der Waals surface area contributed by atoms with Gasteiger partial charge >= 0.3 is 0 Å². The molecule has 1 aromatic carbocycles. The molecule has 11 heteroatoms. The Hall–Kier alpha value is -3.90. The molecule has 1 aliphatic heterocycles. The SMILES string of the molecule is Cc1ccc(NC(=O)c2ccc(/C=C/C(=O)NOC3CCCCO3)s2)cc1Nc1nc(-c2cccnc2)cs1. The number of pyridine rings is 1. The first-order chi connectivity index (χ1) is 19.0. The molecule has 1 saturated heterocycles. The molecule has 39 heavy (non-hydrogen) atoms. The van der Waals surface area contributed by atoms with Crippen molar-refractivity contribution >= 4 is 57.1 Å². The second kappa shape index (κ2) is 12.8. The number of aryl methyl sites for hydroxylation is 1. The van der Waals surface area contributed by atoms with E-state index in [9.17, 15) is 9.59 Å². The van der Waals surface area contributed by atoms with Gasteiger partial charge in [-0.3, -0.25) is 14.6 Å². The number of hydrogen-bond donors (Lipinski definition) is 3. The molecule has 5 rings (SSSR count). The number of nitrogens with one attached hydrogen (secondary N) is 3. The number of carbonyl (C=O) groups is 2. The first-order valence-electron chi connectivity index (χ1n) is 12.4. The number of ether oxygens (including phenoxy) is 1. The van der Waals surface area contributed by atoms with Crippen molar-refractivity contribution in [3.05, 3.63) is 81.6 Å². The molecule has 1 atom stereocenters. The summed E-state index contributed by atoms with van der Waals surface area (Å²) in [5.41, 5.74) is 6.71. The van der Waals surface area contributed by atoms with Gasteiger partial charge < -0.3 is 15.4 Å². The molecule has 4 aromatic rings. The van der Waals surface area contributed by atoms with E-state index in [4.69, 9.17) is 9.57 Å². The van der Waals surface area contributed by atoms with E-state index in [1.807, 2.05) is 42.6 Å². The quantitative estimate of drug-likeness (QED) is 0.166. The van der Waals surface area contributed by atoms with Gasteiger partial charge in [-0.25, -0.2) is 15.3 Å². The van der Waals surface area contributed by atoms with E-state index in [1.165, 1.54) is 28.7 Å². The summed E-state index contributed by atoms with van der Waals surface area (Å²) in [7, 11) is 0. The van der Waals surface area contributed by atoms with Crippen molar-refractivity contribution in [2.75, 3.05) is 17.2 Å². The molecule has 0 bridgehead atoms. The number of thiophene rings is 1. The van der Waals surface area contributed by atoms with Crippen LogP contribution in [0.5, 0.6) is 0 Å². The molecular weight excluding hydrogens is 534 g/mol. The van der Waals surface area contributed by atoms with Crippen molar-refractivity contribution in [1.29, 1.82) is 0 Å². The van der Waals surface area contributed by atoms with Crippen molar-refractivity contribution in [2.24, 2.45) is 0 Å². The molecule has 9 nitrogen and oxygen atoms in total. The summed E-state index contributed by atoms with van der Waals surface area (Å²) in [6.07, 6.45) is 8.89. The highest BCUT2D eigenvalue weighted by atomic mass is 32.1. The average molecular weight is 562 g/mol. The minimum Gasteiger partial charge on any atom is -0.350 e. The van der Waals surface area contributed by atoms with Crippen molar-refractivity contribution in [2.45, 2.75) is 32.5 Å². The maximum Gasteiger partial charge on any atom is 0.267 e. The third-order valence-electron chi connectivity index (χ3n) is 5.88. The summed E-state index contributed by atoms with van der Waals surface area (Å²) in [6, 6.07) is 13.0. The molecule has 1 fully saturated rings. The zero-order valence-corrected chi connectivity index (χ0v) is 22.8. The third kappa shape index (κ3) is 7.36. The van der Waals surface area contributed by atoms with Gasteiger partial charge in [0.25, 0.3) is 11.8 Å². The smallest absolute Gasteiger partial charge is 0.267 e. The fourth-order valence-electron chi connectivity index (χ4n) is 3.80. The number of rotatable bonds is 9. The number of nitrogens with zero attached hydrogens (tertiary/aromatic N) is 2. The first-order valence-corrected chi connectivity index (χ1v) is 14.1. The number of carbonyl (C=O) groups excluding carboxylic acids is 2. The lowest BCUT2D eigenvalue weighted by Gasteiger charge is -2.21. The number of thiazole rings is 1. The van der Waals surface area contributed by atoms with Gasteiger partial charge in [0, 0.05) is 58.7 Å². The lowest BCUT2D eigenvalue weighted by molar-refractivity contribution is -0.198. The van der Waals surface area contributed by atoms with Gasteiger partial charge in [0.05, 0.1) is 10.6 Å². The molecule has 0 aliphatic carbocycles. The third-order valence-corrected chi connectivity index (χ3v) is 7.68. The molecular formula is C28H27N5O4S2. The fraction of sp³-hybridized carbons (Fsp3) is 0.214. The van der Waals surface area contributed by atoms with Crippen LogP contribution in [0.15, 0.2) is 66.3 Å². The van der Waals surface area contributed by atoms with E-state index in [2.05, 4.69) is 26.1 Å². The van der Waals surface area contributed by atoms with Crippen LogP contribution in [-0.4, -0.2) is 34.7 Å². The summed E-state index contributed by atoms with van der Waals surface area (Å²) in [5, 5.41) is 9.02. The summed E-state index contributed by atoms with van der Waals surface area (Å²) in [5.74, 6) is -0.624. The summed E-state index contributed by atoms with van der Waals surface area (Å²) >= 11 is 2.78. The molecule has 3 N–H and O–H groups in total. The Morgan fingerprint density at radius 2 is 2.10 bits per heavy atom. The summed E-state index contributed by atoms with van der Waals surface area (Å²) < 4.78 is 5.42. The van der Waals surface area contributed by atoms with Crippen molar-refractivity contribution < 1.29 is 19.2 Å². The van der Waals surface area contributed by atoms with Crippen LogP contribution in [-0.2, 0) is 14.4 Å². The average Bonchev–Trinajstić information content (AvgIpc) is 3.64. The van der Waals surface area contributed by atoms with Gasteiger partial charge in [0.15, 0.2) is 11.4 Å². The Morgan fingerprint density at radius 1 is 1.18 bits per heavy atom. The Morgan fingerprint density at radius 3 is 2.92 bits per heavy atom. The van der Waals surface area contributed by atoms with Crippen molar-refractivity contribution in [3.8, 4) is 11.3 Å². The van der Waals surface area contributed by atoms with Crippen LogP contribution >= 0.6 is 22.7 Å². The van der Waals surface area contributed by atoms with Gasteiger partial charge in [-0.15, -0.1) is 22.7 Å². The van der Waals surface area contributed by atoms with Crippen LogP contribution < -0.4 is 16.1 Å². The maximum atomic E-state index is 12.9. The highest BCUT2D eigenvalue weighted by Gasteiger charge is 2.15. The van der Waals surface area contributed by atoms with Crippen LogP contribution in [0.2, 0.25) is 0 Å². The number of benzene rings is 1. The van der Waals surface area contributed by atoms with Crippen molar-refractivity contribution in [1.82, 2.24) is 15.4 Å². The van der Waals surface area contributed by atoms with Crippen LogP contribution in [0, 0.1) is 6.92 Å². The largest absolute Gasteiger partial charge is 0.350 e. The molecule has 0 spiro atoms. The van der Waals surface area contributed by atoms with Gasteiger partial charge in [-0.2, -0.15) is 0 Å². The molecule has 4 heterocycles. The van der Waals surface area contributed by atoms with E-state index in [0.29, 0.717) is 17.2 Å². The Kier molecular flexibility index (Phi) is 8.74. The lowest BCUT2D eigenvalue weighted by atomic mass is 10.2. The molecule has 1 unspecified atom stereocenters. The number of anilines is 3. The monoisotopic (exact) mass is 561 g/mol. The number of aromatic nitrogens is 2. The maximum absolute atomic E-state index is 12.9. The summed E-state index contributed by atoms with van der Waals surface area (Å²) in [6.45, 7) is 2.63. The van der Waals surface area contributed by atoms with Gasteiger partial charge in [0.2, 0.25) is 0 Å². The van der Waals surface area contributed by atoms with E-state index >= 15 is 0 Å². The Balaban J connectivity index is 1.17. The fourth-order valence-corrected chi connectivity index (χ4v) is 5.34. The molecule has 0 saturated carbocycles. The van der Waals surface area contributed by atoms with E-state index in [-0.39, 0.29) is 5.91 Å². The van der Waals surface area contributed by atoms with E-state index in [0.717, 1.165) is 51.8 Å². The van der Waals surface area contributed by atoms with Gasteiger partial charge in [-0.1, -0.05) is 6.07 Å². The predicted molar refractivity (Wildman–Crippen MR) is 154 cm³/mol. The van der Waals surface area contributed by atoms with Crippen LogP contribution in [0.1, 0.15) is 39.4 Å². The highest BCUT2D eigenvalue weighted by molar-refractivity contribution is 7.15. The van der Waals surface area contributed by atoms with Gasteiger partial charge in [-0.05, 0) is 67.8 Å². The van der Waals surface area contributed by atoms with Crippen LogP contribution in [0.4, 0.5) is 16.5 Å². The van der Waals surface area contributed by atoms with Crippen molar-refractivity contribution in [3.63, 3.8) is 0 Å². The summed E-state index contributed by atoms with van der Waals surface area (Å²) in [4.78, 5) is 40.3. The zero-order valence-electron chi connectivity index (χ0n) is 21.2. The first kappa shape index (κ1) is 26.7. The lowest BCUT2D eigenvalue weighted by Crippen LogP contribution is -2.32. The minimum absolute atomic E-state index is 0.232. The van der Waals surface area contributed by atoms with Crippen LogP contribution in [0.3, 0.4) is 0 Å². The second-order valence-electron chi connectivity index (χ2n) is 8.80. The van der Waals surface area contributed by atoms with Gasteiger partial charge in [0.1, 0.15) is 0 Å². The minimum atomic E-state index is -0.406. The second-order valence-corrected chi connectivity index (χ2v) is 10.8. The standard InChI is InChI=1S/C28H27N5O4S2/c1-18-7-8-20(15-22(18)31-28-32-23(17-38-28)19-5-4-13-29-16-19)30-27(35)24-11-9-21(39-24)10-12-25(34)33-37-26-6-2-3-14-36-26/h4-5,7-13,15-17,26H,2-3,6,14H2,1H3,(H,30,35)(H,31,32)(H,33,34)/b12-10+. The Bertz CT molecular complexity index is 1460. The number of amides is 2. The molecule has 1 aliphatic rings. The highest BCUT2D eigenvalue weighted by Crippen LogP contribution is 2.30. The van der Waals surface area contributed by atoms with E-state index < -0.39 is 12.2 Å². The molecule has 200 valence electrons. The Labute approximate surface area is 233 Å². The molecule has 0 radical (unpaired) electrons.